The number of amides is 2. The Hall–Kier alpha value is -3.50. The lowest BCUT2D eigenvalue weighted by Gasteiger charge is -2.37. The number of piperidine rings is 1. The number of aromatic nitrogens is 4. The SMILES string of the molecule is Cn1cc(-c2cc(Oc3ccc(NC(=O)N4CCC5(CCNCC5)C4O)nc3)ccn2)cn1. The van der Waals surface area contributed by atoms with Crippen molar-refractivity contribution in [2.24, 2.45) is 12.5 Å². The third kappa shape index (κ3) is 4.39. The van der Waals surface area contributed by atoms with Gasteiger partial charge in [-0.15, -0.1) is 0 Å². The third-order valence-corrected chi connectivity index (χ3v) is 6.49. The van der Waals surface area contributed by atoms with Crippen molar-refractivity contribution >= 4 is 11.8 Å². The second-order valence-electron chi connectivity index (χ2n) is 8.62. The van der Waals surface area contributed by atoms with Gasteiger partial charge in [0.1, 0.15) is 23.5 Å². The standard InChI is InChI=1S/C23H27N7O3/c1-29-15-16(13-27-29)19-12-17(4-8-25-19)33-18-2-3-20(26-14-18)28-22(32)30-11-7-23(21(30)31)5-9-24-10-6-23/h2-4,8,12-15,21,24,31H,5-7,9-11H2,1H3,(H,26,28,32). The normalized spacial score (nSPS) is 19.6. The highest BCUT2D eigenvalue weighted by atomic mass is 16.5. The van der Waals surface area contributed by atoms with Crippen molar-refractivity contribution in [3.05, 3.63) is 49.1 Å². The molecule has 33 heavy (non-hydrogen) atoms. The smallest absolute Gasteiger partial charge is 0.325 e. The summed E-state index contributed by atoms with van der Waals surface area (Å²) in [7, 11) is 1.85. The first-order valence-electron chi connectivity index (χ1n) is 11.1. The highest BCUT2D eigenvalue weighted by Gasteiger charge is 2.48. The van der Waals surface area contributed by atoms with Gasteiger partial charge in [-0.05, 0) is 50.6 Å². The minimum atomic E-state index is -0.775. The maximum atomic E-state index is 12.8. The summed E-state index contributed by atoms with van der Waals surface area (Å²) in [6, 6.07) is 6.68. The molecular formula is C23H27N7O3. The van der Waals surface area contributed by atoms with Gasteiger partial charge in [0, 0.05) is 43.0 Å². The molecule has 1 unspecified atom stereocenters. The lowest BCUT2D eigenvalue weighted by atomic mass is 9.77. The zero-order chi connectivity index (χ0) is 22.8. The molecule has 1 spiro atoms. The molecule has 0 bridgehead atoms. The lowest BCUT2D eigenvalue weighted by Crippen LogP contribution is -2.48. The van der Waals surface area contributed by atoms with E-state index in [9.17, 15) is 9.90 Å². The highest BCUT2D eigenvalue weighted by molar-refractivity contribution is 5.88. The summed E-state index contributed by atoms with van der Waals surface area (Å²) in [5, 5.41) is 21.1. The minimum Gasteiger partial charge on any atom is -0.456 e. The molecule has 0 aliphatic carbocycles. The van der Waals surface area contributed by atoms with E-state index in [2.05, 4.69) is 25.7 Å². The minimum absolute atomic E-state index is 0.201. The van der Waals surface area contributed by atoms with Crippen LogP contribution in [0.1, 0.15) is 19.3 Å². The molecule has 3 aromatic rings. The Kier molecular flexibility index (Phi) is 5.69. The topological polar surface area (TPSA) is 117 Å². The number of hydrogen-bond donors (Lipinski definition) is 3. The number of aliphatic hydroxyl groups excluding tert-OH is 1. The molecule has 1 atom stereocenters. The average Bonchev–Trinajstić information content (AvgIpc) is 3.40. The predicted molar refractivity (Wildman–Crippen MR) is 122 cm³/mol. The van der Waals surface area contributed by atoms with E-state index in [1.54, 1.807) is 41.5 Å². The third-order valence-electron chi connectivity index (χ3n) is 6.49. The van der Waals surface area contributed by atoms with Gasteiger partial charge >= 0.3 is 6.03 Å². The van der Waals surface area contributed by atoms with E-state index < -0.39 is 6.23 Å². The number of likely N-dealkylation sites (tertiary alicyclic amines) is 1. The van der Waals surface area contributed by atoms with Gasteiger partial charge in [-0.2, -0.15) is 5.10 Å². The van der Waals surface area contributed by atoms with Crippen molar-refractivity contribution in [3.63, 3.8) is 0 Å². The van der Waals surface area contributed by atoms with Crippen molar-refractivity contribution in [2.45, 2.75) is 25.5 Å². The van der Waals surface area contributed by atoms with Gasteiger partial charge in [-0.3, -0.25) is 19.9 Å². The number of aryl methyl sites for hydroxylation is 1. The molecule has 10 nitrogen and oxygen atoms in total. The summed E-state index contributed by atoms with van der Waals surface area (Å²) in [5.74, 6) is 1.55. The Labute approximate surface area is 191 Å². The van der Waals surface area contributed by atoms with Crippen molar-refractivity contribution in [3.8, 4) is 22.8 Å². The van der Waals surface area contributed by atoms with Crippen LogP contribution in [0.5, 0.6) is 11.5 Å². The van der Waals surface area contributed by atoms with Crippen molar-refractivity contribution < 1.29 is 14.6 Å². The molecule has 2 aliphatic heterocycles. The van der Waals surface area contributed by atoms with Gasteiger partial charge in [-0.1, -0.05) is 0 Å². The number of urea groups is 1. The Bertz CT molecular complexity index is 1130. The molecule has 2 saturated heterocycles. The van der Waals surface area contributed by atoms with Crippen LogP contribution in [-0.4, -0.2) is 61.6 Å². The molecule has 5 rings (SSSR count). The Morgan fingerprint density at radius 2 is 2.03 bits per heavy atom. The summed E-state index contributed by atoms with van der Waals surface area (Å²) in [6.07, 6.45) is 8.65. The van der Waals surface area contributed by atoms with Crippen LogP contribution in [0.2, 0.25) is 0 Å². The maximum Gasteiger partial charge on any atom is 0.325 e. The van der Waals surface area contributed by atoms with Gasteiger partial charge in [0.05, 0.1) is 18.1 Å². The second kappa shape index (κ2) is 8.80. The largest absolute Gasteiger partial charge is 0.456 e. The number of anilines is 1. The number of ether oxygens (including phenoxy) is 1. The number of aliphatic hydroxyl groups is 1. The Balaban J connectivity index is 1.21. The first-order chi connectivity index (χ1) is 16.0. The number of hydrogen-bond acceptors (Lipinski definition) is 7. The first-order valence-corrected chi connectivity index (χ1v) is 11.1. The molecule has 0 aromatic carbocycles. The quantitative estimate of drug-likeness (QED) is 0.560. The summed E-state index contributed by atoms with van der Waals surface area (Å²) in [4.78, 5) is 22.9. The summed E-state index contributed by atoms with van der Waals surface area (Å²) < 4.78 is 7.62. The number of nitrogens with zero attached hydrogens (tertiary/aromatic N) is 5. The first kappa shape index (κ1) is 21.4. The molecule has 2 amide bonds. The molecule has 0 saturated carbocycles. The van der Waals surface area contributed by atoms with Gasteiger partial charge in [0.15, 0.2) is 0 Å². The van der Waals surface area contributed by atoms with E-state index in [4.69, 9.17) is 4.74 Å². The van der Waals surface area contributed by atoms with Crippen LogP contribution >= 0.6 is 0 Å². The number of nitrogens with one attached hydrogen (secondary N) is 2. The molecule has 3 aromatic heterocycles. The molecule has 0 radical (unpaired) electrons. The van der Waals surface area contributed by atoms with Crippen LogP contribution in [0.3, 0.4) is 0 Å². The maximum absolute atomic E-state index is 12.8. The van der Waals surface area contributed by atoms with Gasteiger partial charge in [-0.25, -0.2) is 9.78 Å². The molecule has 172 valence electrons. The van der Waals surface area contributed by atoms with Crippen molar-refractivity contribution in [1.29, 1.82) is 0 Å². The average molecular weight is 450 g/mol. The van der Waals surface area contributed by atoms with E-state index >= 15 is 0 Å². The fraction of sp³-hybridized carbons (Fsp3) is 0.391. The Morgan fingerprint density at radius 3 is 2.76 bits per heavy atom. The van der Waals surface area contributed by atoms with Crippen LogP contribution < -0.4 is 15.4 Å². The van der Waals surface area contributed by atoms with Gasteiger partial charge in [0.2, 0.25) is 0 Å². The summed E-state index contributed by atoms with van der Waals surface area (Å²) in [5.41, 5.74) is 1.45. The van der Waals surface area contributed by atoms with E-state index in [0.717, 1.165) is 43.6 Å². The molecule has 10 heteroatoms. The molecule has 3 N–H and O–H groups in total. The molecular weight excluding hydrogens is 422 g/mol. The monoisotopic (exact) mass is 449 g/mol. The molecule has 2 aliphatic rings. The zero-order valence-electron chi connectivity index (χ0n) is 18.4. The second-order valence-corrected chi connectivity index (χ2v) is 8.62. The van der Waals surface area contributed by atoms with Crippen molar-refractivity contribution in [1.82, 2.24) is 30.0 Å². The van der Waals surface area contributed by atoms with Crippen molar-refractivity contribution in [2.75, 3.05) is 25.0 Å². The van der Waals surface area contributed by atoms with Crippen LogP contribution in [0.25, 0.3) is 11.3 Å². The summed E-state index contributed by atoms with van der Waals surface area (Å²) >= 11 is 0. The lowest BCUT2D eigenvalue weighted by molar-refractivity contribution is -0.0337. The van der Waals surface area contributed by atoms with Crippen LogP contribution in [0.15, 0.2) is 49.1 Å². The summed E-state index contributed by atoms with van der Waals surface area (Å²) in [6.45, 7) is 2.28. The van der Waals surface area contributed by atoms with E-state index in [1.807, 2.05) is 19.3 Å². The number of carbonyl (C=O) groups excluding carboxylic acids is 1. The fourth-order valence-electron chi connectivity index (χ4n) is 4.59. The number of carbonyl (C=O) groups is 1. The number of rotatable bonds is 4. The van der Waals surface area contributed by atoms with E-state index in [-0.39, 0.29) is 11.4 Å². The number of pyridine rings is 2. The fourth-order valence-corrected chi connectivity index (χ4v) is 4.59. The van der Waals surface area contributed by atoms with Crippen LogP contribution in [0.4, 0.5) is 10.6 Å². The van der Waals surface area contributed by atoms with Crippen LogP contribution in [-0.2, 0) is 7.05 Å². The van der Waals surface area contributed by atoms with E-state index in [0.29, 0.717) is 23.9 Å². The van der Waals surface area contributed by atoms with E-state index in [1.165, 1.54) is 4.90 Å². The molecule has 2 fully saturated rings. The van der Waals surface area contributed by atoms with Gasteiger partial charge < -0.3 is 15.2 Å². The zero-order valence-corrected chi connectivity index (χ0v) is 18.4. The molecule has 5 heterocycles. The predicted octanol–water partition coefficient (Wildman–Crippen LogP) is 2.60. The van der Waals surface area contributed by atoms with Gasteiger partial charge in [0.25, 0.3) is 0 Å². The Morgan fingerprint density at radius 1 is 1.18 bits per heavy atom. The van der Waals surface area contributed by atoms with Crippen LogP contribution in [0, 0.1) is 5.41 Å². The highest BCUT2D eigenvalue weighted by Crippen LogP contribution is 2.43.